The van der Waals surface area contributed by atoms with E-state index in [9.17, 15) is 35.2 Å². The highest BCUT2D eigenvalue weighted by Gasteiger charge is 2.64. The van der Waals surface area contributed by atoms with Crippen LogP contribution < -0.4 is 4.74 Å². The van der Waals surface area contributed by atoms with Crippen LogP contribution in [0.5, 0.6) is 5.75 Å². The number of piperidine rings is 1. The largest absolute Gasteiger partial charge is 0.484 e. The predicted molar refractivity (Wildman–Crippen MR) is 118 cm³/mol. The van der Waals surface area contributed by atoms with Gasteiger partial charge in [-0.3, -0.25) is 4.79 Å². The molecule has 1 aliphatic heterocycles. The molecule has 0 N–H and O–H groups in total. The van der Waals surface area contributed by atoms with Crippen LogP contribution in [-0.2, 0) is 21.4 Å². The lowest BCUT2D eigenvalue weighted by atomic mass is 10.1. The summed E-state index contributed by atoms with van der Waals surface area (Å²) in [5.74, 6) is -4.58. The lowest BCUT2D eigenvalue weighted by Gasteiger charge is -2.25. The molecule has 1 aromatic heterocycles. The summed E-state index contributed by atoms with van der Waals surface area (Å²) < 4.78 is 97.1. The average molecular weight is 534 g/mol. The summed E-state index contributed by atoms with van der Waals surface area (Å²) >= 11 is 0. The third kappa shape index (κ3) is 4.76. The van der Waals surface area contributed by atoms with E-state index < -0.39 is 45.1 Å². The van der Waals surface area contributed by atoms with E-state index in [1.165, 1.54) is 24.0 Å². The number of benzene rings is 1. The van der Waals surface area contributed by atoms with Gasteiger partial charge in [0.05, 0.1) is 21.6 Å². The van der Waals surface area contributed by atoms with Crippen LogP contribution in [0.4, 0.5) is 22.0 Å². The van der Waals surface area contributed by atoms with Crippen molar-refractivity contribution < 1.29 is 39.9 Å². The molecular formula is C23H24F5N3O4S. The van der Waals surface area contributed by atoms with Crippen molar-refractivity contribution in [3.05, 3.63) is 47.5 Å². The second-order valence-electron chi connectivity index (χ2n) is 9.28. The van der Waals surface area contributed by atoms with Crippen molar-refractivity contribution in [3.8, 4) is 5.75 Å². The maximum Gasteiger partial charge on any atom is 0.433 e. The first kappa shape index (κ1) is 26.2. The number of ether oxygens (including phenoxy) is 1. The number of nitrogens with zero attached hydrogens (tertiary/aromatic N) is 3. The minimum absolute atomic E-state index is 0.00149. The summed E-state index contributed by atoms with van der Waals surface area (Å²) in [4.78, 5) is 22.4. The summed E-state index contributed by atoms with van der Waals surface area (Å²) in [6, 6.07) is 4.21. The van der Waals surface area contributed by atoms with E-state index in [2.05, 4.69) is 9.97 Å². The Balaban J connectivity index is 1.66. The molecule has 1 aromatic carbocycles. The smallest absolute Gasteiger partial charge is 0.433 e. The van der Waals surface area contributed by atoms with E-state index in [-0.39, 0.29) is 46.8 Å². The molecule has 36 heavy (non-hydrogen) atoms. The molecule has 3 atom stereocenters. The first-order chi connectivity index (χ1) is 16.6. The highest BCUT2D eigenvalue weighted by atomic mass is 32.2. The number of hydrogen-bond donors (Lipinski definition) is 0. The number of amides is 1. The zero-order valence-electron chi connectivity index (χ0n) is 19.6. The lowest BCUT2D eigenvalue weighted by molar-refractivity contribution is -0.141. The van der Waals surface area contributed by atoms with Crippen molar-refractivity contribution in [2.24, 2.45) is 5.92 Å². The topological polar surface area (TPSA) is 89.5 Å². The Morgan fingerprint density at radius 2 is 1.94 bits per heavy atom. The van der Waals surface area contributed by atoms with Gasteiger partial charge in [-0.15, -0.1) is 0 Å². The van der Waals surface area contributed by atoms with Crippen molar-refractivity contribution in [1.29, 1.82) is 0 Å². The minimum atomic E-state index is -4.65. The van der Waals surface area contributed by atoms with Crippen LogP contribution in [0.2, 0.25) is 0 Å². The maximum atomic E-state index is 13.8. The van der Waals surface area contributed by atoms with Crippen LogP contribution in [0, 0.1) is 5.92 Å². The highest BCUT2D eigenvalue weighted by Crippen LogP contribution is 2.58. The molecule has 1 aliphatic carbocycles. The fourth-order valence-corrected chi connectivity index (χ4v) is 5.25. The molecule has 2 aliphatic rings. The molecule has 7 nitrogen and oxygen atoms in total. The van der Waals surface area contributed by atoms with Gasteiger partial charge in [0.25, 0.3) is 11.8 Å². The van der Waals surface area contributed by atoms with Gasteiger partial charge in [0.1, 0.15) is 17.3 Å². The van der Waals surface area contributed by atoms with Crippen molar-refractivity contribution in [3.63, 3.8) is 0 Å². The third-order valence-electron chi connectivity index (χ3n) is 6.76. The molecule has 1 amide bonds. The molecule has 4 rings (SSSR count). The third-order valence-corrected chi connectivity index (χ3v) is 8.49. The van der Waals surface area contributed by atoms with Crippen molar-refractivity contribution in [2.75, 3.05) is 18.8 Å². The second kappa shape index (κ2) is 8.63. The van der Waals surface area contributed by atoms with Gasteiger partial charge in [0.15, 0.2) is 15.9 Å². The van der Waals surface area contributed by atoms with Crippen LogP contribution >= 0.6 is 0 Å². The Labute approximate surface area is 204 Å². The lowest BCUT2D eigenvalue weighted by Crippen LogP contribution is -2.36. The number of hydrogen-bond acceptors (Lipinski definition) is 6. The van der Waals surface area contributed by atoms with Crippen LogP contribution in [0.3, 0.4) is 0 Å². The van der Waals surface area contributed by atoms with Crippen molar-refractivity contribution in [1.82, 2.24) is 14.9 Å². The number of likely N-dealkylation sites (tertiary alicyclic amines) is 1. The number of fused-ring (bicyclic) bond motifs is 1. The fraction of sp³-hybridized carbons (Fsp3) is 0.522. The number of carbonyl (C=O) groups excluding carboxylic acids is 1. The van der Waals surface area contributed by atoms with Gasteiger partial charge in [-0.1, -0.05) is 6.92 Å². The molecule has 13 heteroatoms. The maximum absolute atomic E-state index is 13.8. The fourth-order valence-electron chi connectivity index (χ4n) is 4.34. The van der Waals surface area contributed by atoms with Gasteiger partial charge in [-0.2, -0.15) is 13.2 Å². The number of halogens is 5. The van der Waals surface area contributed by atoms with Gasteiger partial charge in [-0.25, -0.2) is 27.2 Å². The van der Waals surface area contributed by atoms with Gasteiger partial charge < -0.3 is 9.64 Å². The number of rotatable bonds is 7. The molecule has 1 saturated carbocycles. The molecule has 0 bridgehead atoms. The molecular weight excluding hydrogens is 509 g/mol. The predicted octanol–water partition coefficient (Wildman–Crippen LogP) is 4.13. The van der Waals surface area contributed by atoms with Crippen LogP contribution in [0.25, 0.3) is 0 Å². The van der Waals surface area contributed by atoms with Crippen molar-refractivity contribution >= 4 is 15.7 Å². The first-order valence-corrected chi connectivity index (χ1v) is 12.8. The first-order valence-electron chi connectivity index (χ1n) is 11.2. The highest BCUT2D eigenvalue weighted by molar-refractivity contribution is 7.91. The minimum Gasteiger partial charge on any atom is -0.484 e. The van der Waals surface area contributed by atoms with E-state index in [4.69, 9.17) is 4.74 Å². The van der Waals surface area contributed by atoms with Gasteiger partial charge in [0, 0.05) is 26.2 Å². The number of carbonyl (C=O) groups is 1. The van der Waals surface area contributed by atoms with Crippen molar-refractivity contribution in [2.45, 2.75) is 55.7 Å². The summed E-state index contributed by atoms with van der Waals surface area (Å²) in [6.07, 6.45) is -4.75. The van der Waals surface area contributed by atoms with Crippen LogP contribution in [-0.4, -0.2) is 60.1 Å². The second-order valence-corrected chi connectivity index (χ2v) is 11.6. The quantitative estimate of drug-likeness (QED) is 0.498. The molecule has 2 aromatic rings. The summed E-state index contributed by atoms with van der Waals surface area (Å²) in [5.41, 5.74) is -2.16. The summed E-state index contributed by atoms with van der Waals surface area (Å²) in [7, 11) is -3.73. The van der Waals surface area contributed by atoms with E-state index in [1.54, 1.807) is 0 Å². The van der Waals surface area contributed by atoms with E-state index >= 15 is 0 Å². The summed E-state index contributed by atoms with van der Waals surface area (Å²) in [5, 5.41) is 0. The number of sulfone groups is 1. The van der Waals surface area contributed by atoms with E-state index in [1.807, 2.05) is 0 Å². The Morgan fingerprint density at radius 1 is 1.25 bits per heavy atom. The Kier molecular flexibility index (Phi) is 6.29. The molecule has 0 spiro atoms. The molecule has 2 unspecified atom stereocenters. The molecule has 1 saturated heterocycles. The standard InChI is InChI=1S/C23H24F5N3O4S/c1-4-36(33,34)15-5-6-17(35-13(2)21(3,24)25)16(9-15)19(32)31-11-14-10-22(14,12-31)20-29-8-7-18(30-20)23(26,27)28/h5-9,13-14H,4,10-12H2,1-3H3/t13-,14?,22?/m1/s1. The molecule has 196 valence electrons. The zero-order chi connectivity index (χ0) is 26.7. The average Bonchev–Trinajstić information content (AvgIpc) is 3.38. The normalized spacial score (nSPS) is 22.8. The van der Waals surface area contributed by atoms with Gasteiger partial charge >= 0.3 is 6.18 Å². The van der Waals surface area contributed by atoms with Gasteiger partial charge in [-0.05, 0) is 43.5 Å². The van der Waals surface area contributed by atoms with E-state index in [0.29, 0.717) is 13.3 Å². The molecule has 2 heterocycles. The monoisotopic (exact) mass is 533 g/mol. The van der Waals surface area contributed by atoms with Crippen LogP contribution in [0.15, 0.2) is 35.4 Å². The molecule has 0 radical (unpaired) electrons. The SMILES string of the molecule is CCS(=O)(=O)c1ccc(O[C@H](C)C(C)(F)F)c(C(=O)N2CC3CC3(c3nccc(C(F)(F)F)n3)C2)c1. The number of aromatic nitrogens is 2. The Bertz CT molecular complexity index is 1300. The summed E-state index contributed by atoms with van der Waals surface area (Å²) in [6.45, 7) is 3.37. The van der Waals surface area contributed by atoms with Gasteiger partial charge in [0.2, 0.25) is 0 Å². The van der Waals surface area contributed by atoms with Crippen LogP contribution in [0.1, 0.15) is 49.1 Å². The Hall–Kier alpha value is -2.83. The zero-order valence-corrected chi connectivity index (χ0v) is 20.5. The Morgan fingerprint density at radius 3 is 2.56 bits per heavy atom. The van der Waals surface area contributed by atoms with E-state index in [0.717, 1.165) is 25.3 Å². The number of alkyl halides is 5. The molecule has 2 fully saturated rings.